The van der Waals surface area contributed by atoms with Gasteiger partial charge in [0.1, 0.15) is 11.5 Å². The molecule has 0 fully saturated rings. The highest BCUT2D eigenvalue weighted by Crippen LogP contribution is 2.22. The van der Waals surface area contributed by atoms with Crippen molar-refractivity contribution < 1.29 is 9.13 Å². The van der Waals surface area contributed by atoms with Gasteiger partial charge in [-0.1, -0.05) is 48.0 Å². The third-order valence-electron chi connectivity index (χ3n) is 7.37. The Labute approximate surface area is 244 Å². The van der Waals surface area contributed by atoms with Crippen LogP contribution in [0.2, 0.25) is 0 Å². The molecule has 42 heavy (non-hydrogen) atoms. The van der Waals surface area contributed by atoms with E-state index in [1.54, 1.807) is 35.3 Å². The van der Waals surface area contributed by atoms with Crippen molar-refractivity contribution in [1.82, 2.24) is 14.1 Å². The van der Waals surface area contributed by atoms with Crippen molar-refractivity contribution in [1.29, 1.82) is 0 Å². The molecule has 0 saturated heterocycles. The minimum Gasteiger partial charge on any atom is -0.372 e. The van der Waals surface area contributed by atoms with Crippen LogP contribution in [0.3, 0.4) is 0 Å². The summed E-state index contributed by atoms with van der Waals surface area (Å²) in [6.07, 6.45) is 5.51. The predicted octanol–water partition coefficient (Wildman–Crippen LogP) is 6.14. The van der Waals surface area contributed by atoms with Crippen molar-refractivity contribution in [2.45, 2.75) is 47.0 Å². The Balaban J connectivity index is 1.53. The molecule has 2 N–H and O–H groups in total. The number of hydrogen-bond donors (Lipinski definition) is 1. The quantitative estimate of drug-likeness (QED) is 0.133. The third-order valence-corrected chi connectivity index (χ3v) is 7.37. The average Bonchev–Trinajstić information content (AvgIpc) is 3.41. The van der Waals surface area contributed by atoms with E-state index in [9.17, 15) is 9.18 Å². The molecule has 2 heterocycles. The van der Waals surface area contributed by atoms with Crippen LogP contribution >= 0.6 is 0 Å². The SMILES string of the molecule is Cc1ccc(COCc2cc(/C(=N/N)c3ccc(-n4cnc(C)c4)c(C)c3)c(=O)n([C@@H](C)c3ccc(F)cc3)c2)cc1. The number of ether oxygens (including phenoxy) is 1. The lowest BCUT2D eigenvalue weighted by Gasteiger charge is -2.19. The lowest BCUT2D eigenvalue weighted by molar-refractivity contribution is 0.106. The fourth-order valence-corrected chi connectivity index (χ4v) is 5.01. The van der Waals surface area contributed by atoms with Gasteiger partial charge >= 0.3 is 0 Å². The molecule has 5 rings (SSSR count). The van der Waals surface area contributed by atoms with Crippen LogP contribution < -0.4 is 11.4 Å². The zero-order valence-electron chi connectivity index (χ0n) is 24.2. The minimum atomic E-state index is -0.374. The molecule has 2 aromatic heterocycles. The zero-order valence-corrected chi connectivity index (χ0v) is 24.2. The second-order valence-corrected chi connectivity index (χ2v) is 10.6. The summed E-state index contributed by atoms with van der Waals surface area (Å²) in [7, 11) is 0. The highest BCUT2D eigenvalue weighted by Gasteiger charge is 2.19. The molecular weight excluding hydrogens is 529 g/mol. The normalized spacial score (nSPS) is 12.5. The highest BCUT2D eigenvalue weighted by atomic mass is 19.1. The zero-order chi connectivity index (χ0) is 29.8. The largest absolute Gasteiger partial charge is 0.372 e. The fraction of sp³-hybridized carbons (Fsp3) is 0.206. The van der Waals surface area contributed by atoms with Gasteiger partial charge in [0.05, 0.1) is 36.8 Å². The van der Waals surface area contributed by atoms with Gasteiger partial charge in [0.2, 0.25) is 0 Å². The highest BCUT2D eigenvalue weighted by molar-refractivity contribution is 6.12. The van der Waals surface area contributed by atoms with E-state index in [1.165, 1.54) is 17.7 Å². The molecule has 7 nitrogen and oxygen atoms in total. The van der Waals surface area contributed by atoms with E-state index in [4.69, 9.17) is 10.6 Å². The Morgan fingerprint density at radius 2 is 1.67 bits per heavy atom. The summed E-state index contributed by atoms with van der Waals surface area (Å²) in [4.78, 5) is 18.3. The van der Waals surface area contributed by atoms with Crippen molar-refractivity contribution in [3.63, 3.8) is 0 Å². The molecule has 0 aliphatic rings. The second-order valence-electron chi connectivity index (χ2n) is 10.6. The van der Waals surface area contributed by atoms with Crippen LogP contribution in [0.15, 0.2) is 101 Å². The summed E-state index contributed by atoms with van der Waals surface area (Å²) in [6.45, 7) is 8.57. The number of aromatic nitrogens is 3. The number of nitrogens with zero attached hydrogens (tertiary/aromatic N) is 4. The maximum Gasteiger partial charge on any atom is 0.260 e. The Bertz CT molecular complexity index is 1790. The third kappa shape index (κ3) is 6.24. The van der Waals surface area contributed by atoms with Gasteiger partial charge in [-0.3, -0.25) is 4.79 Å². The van der Waals surface area contributed by atoms with Gasteiger partial charge in [-0.15, -0.1) is 0 Å². The average molecular weight is 564 g/mol. The first kappa shape index (κ1) is 28.7. The molecule has 1 atom stereocenters. The topological polar surface area (TPSA) is 87.4 Å². The molecule has 0 aliphatic carbocycles. The smallest absolute Gasteiger partial charge is 0.260 e. The Kier molecular flexibility index (Phi) is 8.45. The first-order valence-electron chi connectivity index (χ1n) is 13.8. The molecule has 0 saturated carbocycles. The summed E-state index contributed by atoms with van der Waals surface area (Å²) in [5.41, 5.74) is 7.87. The van der Waals surface area contributed by atoms with Crippen molar-refractivity contribution in [2.75, 3.05) is 0 Å². The van der Waals surface area contributed by atoms with Crippen LogP contribution in [0.4, 0.5) is 4.39 Å². The monoisotopic (exact) mass is 563 g/mol. The number of hydrogen-bond acceptors (Lipinski definition) is 5. The van der Waals surface area contributed by atoms with Crippen LogP contribution in [0.5, 0.6) is 0 Å². The van der Waals surface area contributed by atoms with E-state index in [1.807, 2.05) is 80.9 Å². The van der Waals surface area contributed by atoms with Crippen LogP contribution in [-0.2, 0) is 18.0 Å². The fourth-order valence-electron chi connectivity index (χ4n) is 5.01. The van der Waals surface area contributed by atoms with Crippen molar-refractivity contribution in [3.8, 4) is 5.69 Å². The van der Waals surface area contributed by atoms with Gasteiger partial charge < -0.3 is 19.7 Å². The van der Waals surface area contributed by atoms with Crippen LogP contribution in [-0.4, -0.2) is 19.8 Å². The molecule has 8 heteroatoms. The number of pyridine rings is 1. The number of rotatable bonds is 9. The van der Waals surface area contributed by atoms with Crippen LogP contribution in [0.1, 0.15) is 57.6 Å². The molecular formula is C34H34FN5O2. The lowest BCUT2D eigenvalue weighted by Crippen LogP contribution is -2.30. The Morgan fingerprint density at radius 3 is 2.31 bits per heavy atom. The first-order valence-corrected chi connectivity index (χ1v) is 13.8. The van der Waals surface area contributed by atoms with Gasteiger partial charge in [-0.05, 0) is 80.3 Å². The minimum absolute atomic E-state index is 0.259. The molecule has 0 spiro atoms. The van der Waals surface area contributed by atoms with E-state index in [-0.39, 0.29) is 24.0 Å². The van der Waals surface area contributed by atoms with Gasteiger partial charge in [-0.2, -0.15) is 5.10 Å². The van der Waals surface area contributed by atoms with E-state index < -0.39 is 0 Å². The van der Waals surface area contributed by atoms with Gasteiger partial charge in [-0.25, -0.2) is 9.37 Å². The Hall–Kier alpha value is -4.82. The first-order chi connectivity index (χ1) is 20.2. The Morgan fingerprint density at radius 1 is 0.952 bits per heavy atom. The molecule has 0 radical (unpaired) electrons. The molecule has 5 aromatic rings. The molecule has 0 bridgehead atoms. The number of imidazole rings is 1. The van der Waals surface area contributed by atoms with E-state index in [0.29, 0.717) is 23.4 Å². The van der Waals surface area contributed by atoms with Gasteiger partial charge in [0.25, 0.3) is 5.56 Å². The summed E-state index contributed by atoms with van der Waals surface area (Å²) >= 11 is 0. The lowest BCUT2D eigenvalue weighted by atomic mass is 9.99. The number of nitrogens with two attached hydrogens (primary N) is 1. The van der Waals surface area contributed by atoms with E-state index in [2.05, 4.69) is 10.1 Å². The van der Waals surface area contributed by atoms with Gasteiger partial charge in [0, 0.05) is 23.6 Å². The summed E-state index contributed by atoms with van der Waals surface area (Å²) in [5.74, 6) is 5.62. The summed E-state index contributed by atoms with van der Waals surface area (Å²) in [5, 5.41) is 4.09. The van der Waals surface area contributed by atoms with E-state index in [0.717, 1.165) is 33.6 Å². The van der Waals surface area contributed by atoms with Crippen molar-refractivity contribution in [3.05, 3.63) is 152 Å². The standard InChI is InChI=1S/C34H34FN5O2/c1-22-5-7-26(8-6-22)19-42-20-27-16-31(34(41)40(18-27)25(4)28-9-12-30(35)13-10-28)33(38-36)29-11-14-32(23(2)15-29)39-17-24(3)37-21-39/h5-18,21,25H,19-20,36H2,1-4H3/b38-33+/t25-/m0/s1. The summed E-state index contributed by atoms with van der Waals surface area (Å²) in [6, 6.07) is 21.6. The van der Waals surface area contributed by atoms with Crippen molar-refractivity contribution in [2.24, 2.45) is 10.9 Å². The maximum atomic E-state index is 14.0. The number of halogens is 1. The summed E-state index contributed by atoms with van der Waals surface area (Å²) < 4.78 is 23.3. The van der Waals surface area contributed by atoms with Gasteiger partial charge in [0.15, 0.2) is 0 Å². The number of aryl methyl sites for hydroxylation is 3. The predicted molar refractivity (Wildman–Crippen MR) is 163 cm³/mol. The maximum absolute atomic E-state index is 14.0. The number of hydrazone groups is 1. The molecule has 3 aromatic carbocycles. The van der Waals surface area contributed by atoms with Crippen LogP contribution in [0, 0.1) is 26.6 Å². The van der Waals surface area contributed by atoms with Crippen molar-refractivity contribution >= 4 is 5.71 Å². The molecule has 0 unspecified atom stereocenters. The second kappa shape index (κ2) is 12.4. The van der Waals surface area contributed by atoms with E-state index >= 15 is 0 Å². The molecule has 214 valence electrons. The molecule has 0 amide bonds. The number of benzene rings is 3. The van der Waals surface area contributed by atoms with Crippen LogP contribution in [0.25, 0.3) is 5.69 Å². The molecule has 0 aliphatic heterocycles.